The van der Waals surface area contributed by atoms with Gasteiger partial charge in [0.15, 0.2) is 0 Å². The van der Waals surface area contributed by atoms with Crippen LogP contribution in [-0.4, -0.2) is 42.7 Å². The van der Waals surface area contributed by atoms with Gasteiger partial charge >= 0.3 is 5.97 Å². The summed E-state index contributed by atoms with van der Waals surface area (Å²) < 4.78 is 47.3. The van der Waals surface area contributed by atoms with Crippen LogP contribution in [0.4, 0.5) is 0 Å². The Balaban J connectivity index is 2.12. The lowest BCUT2D eigenvalue weighted by Crippen LogP contribution is -2.21. The van der Waals surface area contributed by atoms with E-state index in [0.29, 0.717) is 10.6 Å². The van der Waals surface area contributed by atoms with Crippen molar-refractivity contribution in [2.45, 2.75) is 23.5 Å². The van der Waals surface area contributed by atoms with Crippen molar-refractivity contribution >= 4 is 26.8 Å². The number of carbonyl (C=O) groups is 1. The van der Waals surface area contributed by atoms with Crippen LogP contribution in [0.5, 0.6) is 0 Å². The molecule has 0 N–H and O–H groups in total. The Kier molecular flexibility index (Phi) is 6.15. The van der Waals surface area contributed by atoms with E-state index in [1.54, 1.807) is 25.1 Å². The summed E-state index contributed by atoms with van der Waals surface area (Å²) >= 11 is 0. The number of ether oxygens (including phenoxy) is 1. The molecular weight excluding hydrogens is 366 g/mol. The van der Waals surface area contributed by atoms with Gasteiger partial charge in [0.05, 0.1) is 21.3 Å². The number of benzene rings is 1. The first-order valence-corrected chi connectivity index (χ1v) is 10.2. The molecule has 25 heavy (non-hydrogen) atoms. The fourth-order valence-corrected chi connectivity index (χ4v) is 3.71. The highest BCUT2D eigenvalue weighted by atomic mass is 32.2. The molecule has 1 aromatic carbocycles. The minimum atomic E-state index is -3.68. The summed E-state index contributed by atoms with van der Waals surface area (Å²) in [5.41, 5.74) is 0.218. The molecule has 0 saturated heterocycles. The van der Waals surface area contributed by atoms with Gasteiger partial charge in [-0.05, 0) is 24.3 Å². The van der Waals surface area contributed by atoms with Crippen molar-refractivity contribution < 1.29 is 26.6 Å². The molecule has 136 valence electrons. The maximum Gasteiger partial charge on any atom is 0.339 e. The van der Waals surface area contributed by atoms with E-state index in [0.717, 1.165) is 4.31 Å². The molecule has 0 bridgehead atoms. The van der Waals surface area contributed by atoms with E-state index in [9.17, 15) is 17.4 Å². The number of hydrogen-bond acceptors (Lipinski definition) is 6. The van der Waals surface area contributed by atoms with Gasteiger partial charge in [-0.25, -0.2) is 17.5 Å². The molecule has 0 amide bonds. The van der Waals surface area contributed by atoms with E-state index in [1.807, 2.05) is 0 Å². The second-order valence-corrected chi connectivity index (χ2v) is 9.01. The van der Waals surface area contributed by atoms with Crippen LogP contribution in [-0.2, 0) is 32.2 Å². The number of nitrogens with zero attached hydrogens (tertiary/aromatic N) is 1. The van der Waals surface area contributed by atoms with Crippen LogP contribution in [0, 0.1) is 0 Å². The zero-order valence-corrected chi connectivity index (χ0v) is 15.7. The lowest BCUT2D eigenvalue weighted by molar-refractivity contribution is 0.0436. The Labute approximate surface area is 149 Å². The molecule has 2 aromatic rings. The summed E-state index contributed by atoms with van der Waals surface area (Å²) in [4.78, 5) is 12.7. The molecular formula is C16H19NO6S2. The minimum absolute atomic E-state index is 0.197. The van der Waals surface area contributed by atoms with E-state index in [2.05, 4.69) is 0 Å². The standard InChI is InChI=1S/C16H19NO6S2/c1-4-24(19)14-8-6-5-7-13(14)16(18)22-11-12-9-10-15(23-12)25(20,21)17(2)3/h5-10H,4,11H2,1-3H3. The summed E-state index contributed by atoms with van der Waals surface area (Å²) in [6.07, 6.45) is 0. The van der Waals surface area contributed by atoms with E-state index < -0.39 is 26.8 Å². The predicted octanol–water partition coefficient (Wildman–Crippen LogP) is 2.01. The fourth-order valence-electron chi connectivity index (χ4n) is 1.96. The van der Waals surface area contributed by atoms with Crippen molar-refractivity contribution in [3.8, 4) is 0 Å². The highest BCUT2D eigenvalue weighted by Gasteiger charge is 2.22. The largest absolute Gasteiger partial charge is 0.454 e. The zero-order valence-electron chi connectivity index (χ0n) is 14.1. The van der Waals surface area contributed by atoms with Crippen LogP contribution in [0.3, 0.4) is 0 Å². The molecule has 0 aliphatic heterocycles. The molecule has 0 saturated carbocycles. The lowest BCUT2D eigenvalue weighted by Gasteiger charge is -2.09. The number of sulfonamides is 1. The van der Waals surface area contributed by atoms with Gasteiger partial charge in [-0.3, -0.25) is 4.21 Å². The van der Waals surface area contributed by atoms with Gasteiger partial charge in [-0.2, -0.15) is 0 Å². The average Bonchev–Trinajstić information content (AvgIpc) is 3.08. The van der Waals surface area contributed by atoms with Crippen molar-refractivity contribution in [3.05, 3.63) is 47.7 Å². The molecule has 0 fully saturated rings. The molecule has 0 aliphatic rings. The number of esters is 1. The fraction of sp³-hybridized carbons (Fsp3) is 0.312. The van der Waals surface area contributed by atoms with Gasteiger partial charge in [-0.15, -0.1) is 0 Å². The average molecular weight is 385 g/mol. The molecule has 9 heteroatoms. The van der Waals surface area contributed by atoms with Gasteiger partial charge < -0.3 is 9.15 Å². The van der Waals surface area contributed by atoms with E-state index >= 15 is 0 Å². The number of rotatable bonds is 7. The Bertz CT molecular complexity index is 886. The summed E-state index contributed by atoms with van der Waals surface area (Å²) in [5, 5.41) is -0.226. The summed E-state index contributed by atoms with van der Waals surface area (Å²) in [7, 11) is -2.19. The highest BCUT2D eigenvalue weighted by Crippen LogP contribution is 2.19. The Morgan fingerprint density at radius 1 is 1.20 bits per heavy atom. The second kappa shape index (κ2) is 7.94. The van der Waals surface area contributed by atoms with Gasteiger partial charge in [-0.1, -0.05) is 19.1 Å². The van der Waals surface area contributed by atoms with Crippen molar-refractivity contribution in [1.29, 1.82) is 0 Å². The van der Waals surface area contributed by atoms with E-state index in [1.165, 1.54) is 32.3 Å². The smallest absolute Gasteiger partial charge is 0.339 e. The zero-order chi connectivity index (χ0) is 18.6. The molecule has 1 unspecified atom stereocenters. The first-order valence-electron chi connectivity index (χ1n) is 7.43. The Morgan fingerprint density at radius 2 is 1.88 bits per heavy atom. The van der Waals surface area contributed by atoms with E-state index in [4.69, 9.17) is 9.15 Å². The monoisotopic (exact) mass is 385 g/mol. The van der Waals surface area contributed by atoms with Crippen LogP contribution in [0.1, 0.15) is 23.0 Å². The van der Waals surface area contributed by atoms with Gasteiger partial charge in [0.2, 0.25) is 5.09 Å². The number of furan rings is 1. The van der Waals surface area contributed by atoms with Crippen LogP contribution >= 0.6 is 0 Å². The van der Waals surface area contributed by atoms with E-state index in [-0.39, 0.29) is 23.0 Å². The molecule has 2 rings (SSSR count). The molecule has 0 aliphatic carbocycles. The molecule has 0 spiro atoms. The van der Waals surface area contributed by atoms with Crippen LogP contribution in [0.15, 0.2) is 50.8 Å². The van der Waals surface area contributed by atoms with Crippen molar-refractivity contribution in [1.82, 2.24) is 4.31 Å². The SMILES string of the molecule is CCS(=O)c1ccccc1C(=O)OCc1ccc(S(=O)(=O)N(C)C)o1. The van der Waals surface area contributed by atoms with Crippen molar-refractivity contribution in [2.75, 3.05) is 19.8 Å². The van der Waals surface area contributed by atoms with Crippen LogP contribution in [0.25, 0.3) is 0 Å². The van der Waals surface area contributed by atoms with Gasteiger partial charge in [0.1, 0.15) is 12.4 Å². The summed E-state index contributed by atoms with van der Waals surface area (Å²) in [5.74, 6) is -0.0671. The van der Waals surface area contributed by atoms with Gasteiger partial charge in [0, 0.05) is 19.8 Å². The van der Waals surface area contributed by atoms with Crippen molar-refractivity contribution in [3.63, 3.8) is 0 Å². The third-order valence-corrected chi connectivity index (χ3v) is 6.39. The quantitative estimate of drug-likeness (QED) is 0.677. The first-order chi connectivity index (χ1) is 11.8. The highest BCUT2D eigenvalue weighted by molar-refractivity contribution is 7.89. The molecule has 1 aromatic heterocycles. The number of carbonyl (C=O) groups excluding carboxylic acids is 1. The number of hydrogen-bond donors (Lipinski definition) is 0. The van der Waals surface area contributed by atoms with Crippen LogP contribution < -0.4 is 0 Å². The Hall–Kier alpha value is -1.97. The predicted molar refractivity (Wildman–Crippen MR) is 92.1 cm³/mol. The molecule has 1 atom stereocenters. The molecule has 0 radical (unpaired) electrons. The minimum Gasteiger partial charge on any atom is -0.454 e. The molecule has 7 nitrogen and oxygen atoms in total. The summed E-state index contributed by atoms with van der Waals surface area (Å²) in [6, 6.07) is 9.24. The third kappa shape index (κ3) is 4.36. The van der Waals surface area contributed by atoms with Gasteiger partial charge in [0.25, 0.3) is 10.0 Å². The van der Waals surface area contributed by atoms with Crippen molar-refractivity contribution in [2.24, 2.45) is 0 Å². The summed E-state index contributed by atoms with van der Waals surface area (Å²) in [6.45, 7) is 1.53. The molecule has 1 heterocycles. The van der Waals surface area contributed by atoms with Crippen LogP contribution in [0.2, 0.25) is 0 Å². The third-order valence-electron chi connectivity index (χ3n) is 3.33. The topological polar surface area (TPSA) is 93.9 Å². The Morgan fingerprint density at radius 3 is 2.52 bits per heavy atom. The maximum atomic E-state index is 12.2. The second-order valence-electron chi connectivity index (χ2n) is 5.21. The lowest BCUT2D eigenvalue weighted by atomic mass is 10.2. The normalized spacial score (nSPS) is 13.0. The first kappa shape index (κ1) is 19.4. The maximum absolute atomic E-state index is 12.2.